The van der Waals surface area contributed by atoms with Gasteiger partial charge in [0.25, 0.3) is 10.0 Å². The number of aliphatic hydroxyl groups excluding tert-OH is 1. The lowest BCUT2D eigenvalue weighted by atomic mass is 9.86. The summed E-state index contributed by atoms with van der Waals surface area (Å²) in [6.07, 6.45) is 4.54. The van der Waals surface area contributed by atoms with Gasteiger partial charge >= 0.3 is 0 Å². The van der Waals surface area contributed by atoms with E-state index in [0.717, 1.165) is 27.6 Å². The van der Waals surface area contributed by atoms with Gasteiger partial charge in [0.15, 0.2) is 0 Å². The predicted octanol–water partition coefficient (Wildman–Crippen LogP) is 2.46. The van der Waals surface area contributed by atoms with Gasteiger partial charge < -0.3 is 10.4 Å². The molecule has 0 radical (unpaired) electrons. The van der Waals surface area contributed by atoms with Crippen molar-refractivity contribution in [2.75, 3.05) is 6.61 Å². The number of benzene rings is 2. The minimum Gasteiger partial charge on any atom is -0.394 e. The molecular weight excluding hydrogens is 360 g/mol. The fourth-order valence-electron chi connectivity index (χ4n) is 4.26. The average Bonchev–Trinajstić information content (AvgIpc) is 3.25. The van der Waals surface area contributed by atoms with Crippen LogP contribution >= 0.6 is 0 Å². The number of hydrogen-bond acceptors (Lipinski definition) is 4. The van der Waals surface area contributed by atoms with Crippen molar-refractivity contribution in [2.24, 2.45) is 0 Å². The van der Waals surface area contributed by atoms with Gasteiger partial charge in [-0.3, -0.25) is 0 Å². The van der Waals surface area contributed by atoms with E-state index in [-0.39, 0.29) is 18.7 Å². The van der Waals surface area contributed by atoms with Gasteiger partial charge in [0.1, 0.15) is 0 Å². The molecule has 1 aliphatic heterocycles. The van der Waals surface area contributed by atoms with Gasteiger partial charge in [-0.15, -0.1) is 0 Å². The summed E-state index contributed by atoms with van der Waals surface area (Å²) in [5.74, 6) is 0. The highest BCUT2D eigenvalue weighted by Crippen LogP contribution is 2.40. The van der Waals surface area contributed by atoms with Crippen LogP contribution in [0.15, 0.2) is 59.6 Å². The first-order chi connectivity index (χ1) is 13.0. The summed E-state index contributed by atoms with van der Waals surface area (Å²) in [4.78, 5) is 0.291. The molecule has 1 aromatic heterocycles. The number of aryl methyl sites for hydroxylation is 1. The number of nitrogens with one attached hydrogen (secondary N) is 1. The van der Waals surface area contributed by atoms with Crippen molar-refractivity contribution in [3.8, 4) is 0 Å². The van der Waals surface area contributed by atoms with Crippen molar-refractivity contribution < 1.29 is 13.5 Å². The van der Waals surface area contributed by atoms with Crippen LogP contribution in [0.2, 0.25) is 0 Å². The van der Waals surface area contributed by atoms with Crippen molar-refractivity contribution in [3.63, 3.8) is 0 Å². The molecule has 0 amide bonds. The Kier molecular flexibility index (Phi) is 3.59. The quantitative estimate of drug-likeness (QED) is 0.732. The molecule has 2 atom stereocenters. The third kappa shape index (κ3) is 2.41. The SMILES string of the molecule is Cc1ccc(S(=O)(=O)n2cc3c4c(cccc42)C2=CC(CO)N[C@@H]2C3)cc1. The summed E-state index contributed by atoms with van der Waals surface area (Å²) in [7, 11) is -3.66. The summed E-state index contributed by atoms with van der Waals surface area (Å²) < 4.78 is 27.9. The Bertz CT molecular complexity index is 1190. The summed E-state index contributed by atoms with van der Waals surface area (Å²) in [5, 5.41) is 13.9. The Balaban J connectivity index is 1.72. The molecule has 0 saturated heterocycles. The zero-order valence-corrected chi connectivity index (χ0v) is 15.7. The highest BCUT2D eigenvalue weighted by atomic mass is 32.2. The number of aromatic nitrogens is 1. The molecular formula is C21H20N2O3S. The van der Waals surface area contributed by atoms with Crippen LogP contribution in [0.4, 0.5) is 0 Å². The van der Waals surface area contributed by atoms with Crippen LogP contribution in [0, 0.1) is 6.92 Å². The van der Waals surface area contributed by atoms with Crippen LogP contribution < -0.4 is 5.32 Å². The van der Waals surface area contributed by atoms with Gasteiger partial charge in [-0.2, -0.15) is 0 Å². The van der Waals surface area contributed by atoms with E-state index in [1.807, 2.05) is 37.3 Å². The zero-order valence-electron chi connectivity index (χ0n) is 14.9. The minimum atomic E-state index is -3.66. The monoisotopic (exact) mass is 380 g/mol. The molecule has 1 unspecified atom stereocenters. The van der Waals surface area contributed by atoms with Crippen molar-refractivity contribution in [1.29, 1.82) is 0 Å². The first-order valence-electron chi connectivity index (χ1n) is 9.03. The Morgan fingerprint density at radius 3 is 2.70 bits per heavy atom. The normalized spacial score (nSPS) is 21.3. The highest BCUT2D eigenvalue weighted by Gasteiger charge is 2.34. The number of fused-ring (bicyclic) bond motifs is 2. The van der Waals surface area contributed by atoms with Crippen LogP contribution in [-0.2, 0) is 16.4 Å². The van der Waals surface area contributed by atoms with Gasteiger partial charge in [-0.05, 0) is 48.2 Å². The van der Waals surface area contributed by atoms with E-state index in [1.165, 1.54) is 3.97 Å². The van der Waals surface area contributed by atoms with E-state index < -0.39 is 10.0 Å². The molecule has 138 valence electrons. The summed E-state index contributed by atoms with van der Waals surface area (Å²) in [6, 6.07) is 12.8. The van der Waals surface area contributed by atoms with E-state index in [0.29, 0.717) is 16.8 Å². The molecule has 0 fully saturated rings. The average molecular weight is 380 g/mol. The maximum Gasteiger partial charge on any atom is 0.268 e. The number of aliphatic hydroxyl groups is 1. The molecule has 2 aromatic carbocycles. The molecule has 5 rings (SSSR count). The first kappa shape index (κ1) is 16.7. The van der Waals surface area contributed by atoms with E-state index in [4.69, 9.17) is 0 Å². The first-order valence-corrected chi connectivity index (χ1v) is 10.5. The third-order valence-corrected chi connectivity index (χ3v) is 7.24. The fourth-order valence-corrected chi connectivity index (χ4v) is 5.64. The number of nitrogens with zero attached hydrogens (tertiary/aromatic N) is 1. The second-order valence-electron chi connectivity index (χ2n) is 7.30. The lowest BCUT2D eigenvalue weighted by molar-refractivity contribution is 0.265. The van der Waals surface area contributed by atoms with Crippen LogP contribution in [0.25, 0.3) is 16.5 Å². The Morgan fingerprint density at radius 2 is 1.96 bits per heavy atom. The topological polar surface area (TPSA) is 71.3 Å². The molecule has 3 aromatic rings. The lowest BCUT2D eigenvalue weighted by Crippen LogP contribution is -2.36. The summed E-state index contributed by atoms with van der Waals surface area (Å²) >= 11 is 0. The summed E-state index contributed by atoms with van der Waals surface area (Å²) in [5.41, 5.74) is 4.95. The molecule has 0 spiro atoms. The van der Waals surface area contributed by atoms with E-state index in [1.54, 1.807) is 18.3 Å². The Labute approximate surface area is 158 Å². The van der Waals surface area contributed by atoms with E-state index in [9.17, 15) is 13.5 Å². The largest absolute Gasteiger partial charge is 0.394 e. The van der Waals surface area contributed by atoms with Crippen LogP contribution in [0.3, 0.4) is 0 Å². The maximum atomic E-state index is 13.3. The molecule has 27 heavy (non-hydrogen) atoms. The van der Waals surface area contributed by atoms with Crippen molar-refractivity contribution >= 4 is 26.5 Å². The second-order valence-corrected chi connectivity index (χ2v) is 9.12. The standard InChI is InChI=1S/C21H20N2O3S/c1-13-5-7-16(8-6-13)27(25,26)23-11-14-9-19-18(10-15(12-24)22-19)17-3-2-4-20(23)21(14)17/h2-8,10-11,15,19,22,24H,9,12H2,1H3/t15?,19-/m1/s1. The van der Waals surface area contributed by atoms with E-state index >= 15 is 0 Å². The van der Waals surface area contributed by atoms with Gasteiger partial charge in [0.2, 0.25) is 0 Å². The smallest absolute Gasteiger partial charge is 0.268 e. The molecule has 0 saturated carbocycles. The maximum absolute atomic E-state index is 13.3. The molecule has 0 bridgehead atoms. The fraction of sp³-hybridized carbons (Fsp3) is 0.238. The number of rotatable bonds is 3. The van der Waals surface area contributed by atoms with Gasteiger partial charge in [-0.25, -0.2) is 12.4 Å². The third-order valence-electron chi connectivity index (χ3n) is 5.56. The zero-order chi connectivity index (χ0) is 18.8. The number of hydrogen-bond donors (Lipinski definition) is 2. The van der Waals surface area contributed by atoms with Crippen LogP contribution in [0.5, 0.6) is 0 Å². The lowest BCUT2D eigenvalue weighted by Gasteiger charge is -2.22. The van der Waals surface area contributed by atoms with Crippen LogP contribution in [-0.4, -0.2) is 36.2 Å². The molecule has 1 aliphatic carbocycles. The Morgan fingerprint density at radius 1 is 1.19 bits per heavy atom. The van der Waals surface area contributed by atoms with Gasteiger partial charge in [0.05, 0.1) is 17.0 Å². The molecule has 2 aliphatic rings. The predicted molar refractivity (Wildman–Crippen MR) is 105 cm³/mol. The molecule has 6 heteroatoms. The Hall–Kier alpha value is -2.41. The minimum absolute atomic E-state index is 0.0484. The van der Waals surface area contributed by atoms with Crippen molar-refractivity contribution in [3.05, 3.63) is 71.4 Å². The highest BCUT2D eigenvalue weighted by molar-refractivity contribution is 7.90. The summed E-state index contributed by atoms with van der Waals surface area (Å²) in [6.45, 7) is 2.00. The van der Waals surface area contributed by atoms with Crippen molar-refractivity contribution in [2.45, 2.75) is 30.3 Å². The van der Waals surface area contributed by atoms with Crippen molar-refractivity contribution in [1.82, 2.24) is 9.29 Å². The molecule has 2 heterocycles. The van der Waals surface area contributed by atoms with Gasteiger partial charge in [-0.1, -0.05) is 35.9 Å². The van der Waals surface area contributed by atoms with E-state index in [2.05, 4.69) is 11.4 Å². The van der Waals surface area contributed by atoms with Gasteiger partial charge in [0, 0.05) is 23.7 Å². The molecule has 2 N–H and O–H groups in total. The van der Waals surface area contributed by atoms with Crippen LogP contribution in [0.1, 0.15) is 16.7 Å². The second kappa shape index (κ2) is 5.79. The molecule has 5 nitrogen and oxygen atoms in total.